The van der Waals surface area contributed by atoms with E-state index in [9.17, 15) is 4.79 Å². The third-order valence-corrected chi connectivity index (χ3v) is 3.26. The van der Waals surface area contributed by atoms with Gasteiger partial charge in [-0.3, -0.25) is 9.69 Å². The molecule has 0 aromatic rings. The predicted molar refractivity (Wildman–Crippen MR) is 70.6 cm³/mol. The largest absolute Gasteiger partial charge is 0.465 e. The lowest BCUT2D eigenvalue weighted by molar-refractivity contribution is -0.146. The van der Waals surface area contributed by atoms with Crippen molar-refractivity contribution in [2.75, 3.05) is 39.9 Å². The number of likely N-dealkylation sites (N-methyl/N-ethyl adjacent to an activating group) is 1. The van der Waals surface area contributed by atoms with Gasteiger partial charge in [-0.05, 0) is 32.9 Å². The SMILES string of the molecule is CCNC(CN1CCCC(OC)C1)C(=O)OCC. The summed E-state index contributed by atoms with van der Waals surface area (Å²) in [7, 11) is 1.75. The van der Waals surface area contributed by atoms with Crippen LogP contribution in [0, 0.1) is 0 Å². The molecule has 5 nitrogen and oxygen atoms in total. The number of methoxy groups -OCH3 is 1. The molecule has 0 radical (unpaired) electrons. The summed E-state index contributed by atoms with van der Waals surface area (Å²) in [6.45, 7) is 7.67. The first-order valence-electron chi connectivity index (χ1n) is 6.86. The van der Waals surface area contributed by atoms with Gasteiger partial charge in [-0.15, -0.1) is 0 Å². The first-order chi connectivity index (χ1) is 8.71. The minimum absolute atomic E-state index is 0.154. The Morgan fingerprint density at radius 2 is 2.28 bits per heavy atom. The fourth-order valence-electron chi connectivity index (χ4n) is 2.34. The highest BCUT2D eigenvalue weighted by atomic mass is 16.5. The van der Waals surface area contributed by atoms with Crippen molar-refractivity contribution in [3.63, 3.8) is 0 Å². The standard InChI is InChI=1S/C13H26N2O3/c1-4-14-12(13(16)18-5-2)10-15-8-6-7-11(9-15)17-3/h11-12,14H,4-10H2,1-3H3. The highest BCUT2D eigenvalue weighted by molar-refractivity contribution is 5.76. The fraction of sp³-hybridized carbons (Fsp3) is 0.923. The number of ether oxygens (including phenoxy) is 2. The smallest absolute Gasteiger partial charge is 0.324 e. The first kappa shape index (κ1) is 15.4. The van der Waals surface area contributed by atoms with Crippen LogP contribution in [0.4, 0.5) is 0 Å². The number of likely N-dealkylation sites (tertiary alicyclic amines) is 1. The Morgan fingerprint density at radius 1 is 1.50 bits per heavy atom. The molecule has 1 heterocycles. The summed E-state index contributed by atoms with van der Waals surface area (Å²) in [4.78, 5) is 14.1. The summed E-state index contributed by atoms with van der Waals surface area (Å²) in [5.41, 5.74) is 0. The van der Waals surface area contributed by atoms with E-state index in [4.69, 9.17) is 9.47 Å². The van der Waals surface area contributed by atoms with Crippen LogP contribution in [0.3, 0.4) is 0 Å². The maximum atomic E-state index is 11.8. The Balaban J connectivity index is 2.46. The Labute approximate surface area is 110 Å². The van der Waals surface area contributed by atoms with E-state index in [1.54, 1.807) is 7.11 Å². The van der Waals surface area contributed by atoms with Gasteiger partial charge in [0.05, 0.1) is 12.7 Å². The molecule has 0 aromatic carbocycles. The van der Waals surface area contributed by atoms with Crippen molar-refractivity contribution in [3.05, 3.63) is 0 Å². The highest BCUT2D eigenvalue weighted by Gasteiger charge is 2.25. The number of carbonyl (C=O) groups is 1. The minimum atomic E-state index is -0.231. The van der Waals surface area contributed by atoms with E-state index in [0.29, 0.717) is 19.3 Å². The van der Waals surface area contributed by atoms with Crippen molar-refractivity contribution in [1.82, 2.24) is 10.2 Å². The molecule has 18 heavy (non-hydrogen) atoms. The van der Waals surface area contributed by atoms with E-state index in [1.807, 2.05) is 13.8 Å². The van der Waals surface area contributed by atoms with E-state index >= 15 is 0 Å². The van der Waals surface area contributed by atoms with Crippen molar-refractivity contribution < 1.29 is 14.3 Å². The van der Waals surface area contributed by atoms with Gasteiger partial charge in [-0.2, -0.15) is 0 Å². The second-order valence-corrected chi connectivity index (χ2v) is 4.62. The van der Waals surface area contributed by atoms with Gasteiger partial charge < -0.3 is 14.8 Å². The van der Waals surface area contributed by atoms with Crippen molar-refractivity contribution in [2.24, 2.45) is 0 Å². The molecule has 0 bridgehead atoms. The zero-order valence-corrected chi connectivity index (χ0v) is 11.8. The van der Waals surface area contributed by atoms with Crippen LogP contribution in [0.5, 0.6) is 0 Å². The van der Waals surface area contributed by atoms with Crippen LogP contribution in [0.2, 0.25) is 0 Å². The molecule has 2 atom stereocenters. The lowest BCUT2D eigenvalue weighted by Gasteiger charge is -2.33. The molecule has 0 spiro atoms. The van der Waals surface area contributed by atoms with E-state index in [-0.39, 0.29) is 12.0 Å². The van der Waals surface area contributed by atoms with Crippen LogP contribution >= 0.6 is 0 Å². The van der Waals surface area contributed by atoms with Crippen LogP contribution in [0.1, 0.15) is 26.7 Å². The van der Waals surface area contributed by atoms with E-state index < -0.39 is 0 Å². The second kappa shape index (κ2) is 8.45. The summed E-state index contributed by atoms with van der Waals surface area (Å²) in [5, 5.41) is 3.19. The summed E-state index contributed by atoms with van der Waals surface area (Å²) >= 11 is 0. The molecule has 1 aliphatic heterocycles. The van der Waals surface area contributed by atoms with Crippen LogP contribution in [0.15, 0.2) is 0 Å². The van der Waals surface area contributed by atoms with Crippen LogP contribution < -0.4 is 5.32 Å². The van der Waals surface area contributed by atoms with E-state index in [2.05, 4.69) is 10.2 Å². The van der Waals surface area contributed by atoms with Gasteiger partial charge in [0.15, 0.2) is 0 Å². The van der Waals surface area contributed by atoms with Crippen molar-refractivity contribution in [1.29, 1.82) is 0 Å². The highest BCUT2D eigenvalue weighted by Crippen LogP contribution is 2.12. The monoisotopic (exact) mass is 258 g/mol. The van der Waals surface area contributed by atoms with Gasteiger partial charge in [-0.25, -0.2) is 0 Å². The Morgan fingerprint density at radius 3 is 2.89 bits per heavy atom. The number of nitrogens with zero attached hydrogens (tertiary/aromatic N) is 1. The molecule has 5 heteroatoms. The van der Waals surface area contributed by atoms with Gasteiger partial charge >= 0.3 is 5.97 Å². The van der Waals surface area contributed by atoms with E-state index in [1.165, 1.54) is 0 Å². The number of rotatable bonds is 7. The summed E-state index contributed by atoms with van der Waals surface area (Å²) < 4.78 is 10.5. The Kier molecular flexibility index (Phi) is 7.23. The maximum absolute atomic E-state index is 11.8. The zero-order chi connectivity index (χ0) is 13.4. The molecule has 0 amide bonds. The second-order valence-electron chi connectivity index (χ2n) is 4.62. The third kappa shape index (κ3) is 4.92. The molecular formula is C13H26N2O3. The molecule has 0 saturated carbocycles. The third-order valence-electron chi connectivity index (χ3n) is 3.26. The lowest BCUT2D eigenvalue weighted by atomic mass is 10.1. The number of esters is 1. The molecule has 2 unspecified atom stereocenters. The number of hydrogen-bond donors (Lipinski definition) is 1. The quantitative estimate of drug-likeness (QED) is 0.679. The maximum Gasteiger partial charge on any atom is 0.324 e. The Bertz CT molecular complexity index is 248. The first-order valence-corrected chi connectivity index (χ1v) is 6.86. The molecule has 1 rings (SSSR count). The molecule has 106 valence electrons. The molecule has 1 fully saturated rings. The summed E-state index contributed by atoms with van der Waals surface area (Å²) in [5.74, 6) is -0.154. The minimum Gasteiger partial charge on any atom is -0.465 e. The van der Waals surface area contributed by atoms with Crippen LogP contribution in [-0.2, 0) is 14.3 Å². The molecule has 1 N–H and O–H groups in total. The van der Waals surface area contributed by atoms with Crippen LogP contribution in [0.25, 0.3) is 0 Å². The number of piperidine rings is 1. The number of carbonyl (C=O) groups excluding carboxylic acids is 1. The lowest BCUT2D eigenvalue weighted by Crippen LogP contribution is -2.50. The number of hydrogen-bond acceptors (Lipinski definition) is 5. The van der Waals surface area contributed by atoms with Gasteiger partial charge in [0.2, 0.25) is 0 Å². The van der Waals surface area contributed by atoms with Gasteiger partial charge in [0.1, 0.15) is 6.04 Å². The van der Waals surface area contributed by atoms with Crippen molar-refractivity contribution >= 4 is 5.97 Å². The molecule has 1 aliphatic rings. The molecule has 1 saturated heterocycles. The topological polar surface area (TPSA) is 50.8 Å². The number of nitrogens with one attached hydrogen (secondary N) is 1. The summed E-state index contributed by atoms with van der Waals surface area (Å²) in [6.07, 6.45) is 2.53. The summed E-state index contributed by atoms with van der Waals surface area (Å²) in [6, 6.07) is -0.231. The predicted octanol–water partition coefficient (Wildman–Crippen LogP) is 0.638. The Hall–Kier alpha value is -0.650. The zero-order valence-electron chi connectivity index (χ0n) is 11.8. The van der Waals surface area contributed by atoms with Crippen LogP contribution in [-0.4, -0.2) is 62.9 Å². The molecular weight excluding hydrogens is 232 g/mol. The van der Waals surface area contributed by atoms with Gasteiger partial charge in [-0.1, -0.05) is 6.92 Å². The molecule has 0 aromatic heterocycles. The van der Waals surface area contributed by atoms with Gasteiger partial charge in [0.25, 0.3) is 0 Å². The normalized spacial score (nSPS) is 22.7. The van der Waals surface area contributed by atoms with Crippen molar-refractivity contribution in [2.45, 2.75) is 38.8 Å². The van der Waals surface area contributed by atoms with Crippen molar-refractivity contribution in [3.8, 4) is 0 Å². The molecule has 0 aliphatic carbocycles. The average Bonchev–Trinajstić information content (AvgIpc) is 2.39. The average molecular weight is 258 g/mol. The van der Waals surface area contributed by atoms with E-state index in [0.717, 1.165) is 32.5 Å². The fourth-order valence-corrected chi connectivity index (χ4v) is 2.34. The van der Waals surface area contributed by atoms with Gasteiger partial charge in [0, 0.05) is 20.2 Å².